The Kier molecular flexibility index (Phi) is 5.16. The molecule has 1 aliphatic heterocycles. The molecule has 0 atom stereocenters. The van der Waals surface area contributed by atoms with Crippen LogP contribution in [0.5, 0.6) is 11.5 Å². The monoisotopic (exact) mass is 396 g/mol. The Morgan fingerprint density at radius 3 is 2.64 bits per heavy atom. The van der Waals surface area contributed by atoms with Gasteiger partial charge in [-0.15, -0.1) is 11.3 Å². The summed E-state index contributed by atoms with van der Waals surface area (Å²) in [6, 6.07) is 15.0. The second-order valence-corrected chi connectivity index (χ2v) is 7.46. The van der Waals surface area contributed by atoms with Crippen molar-refractivity contribution in [1.29, 1.82) is 0 Å². The number of rotatable bonds is 5. The smallest absolute Gasteiger partial charge is 0.264 e. The summed E-state index contributed by atoms with van der Waals surface area (Å²) in [5.74, 6) is 0.881. The van der Waals surface area contributed by atoms with Gasteiger partial charge in [0.25, 0.3) is 5.91 Å². The fraction of sp³-hybridized carbons (Fsp3) is 0.238. The van der Waals surface area contributed by atoms with Crippen molar-refractivity contribution in [3.8, 4) is 11.5 Å². The molecule has 144 valence electrons. The molecule has 1 aliphatic rings. The molecule has 0 bridgehead atoms. The number of thiophene rings is 1. The Balaban J connectivity index is 1.44. The molecular formula is C21H20N2O4S. The average molecular weight is 396 g/mol. The van der Waals surface area contributed by atoms with Gasteiger partial charge in [0, 0.05) is 23.0 Å². The van der Waals surface area contributed by atoms with Crippen molar-refractivity contribution in [1.82, 2.24) is 4.90 Å². The molecule has 1 aromatic heterocycles. The number of fused-ring (bicyclic) bond motifs is 2. The second kappa shape index (κ2) is 7.90. The predicted molar refractivity (Wildman–Crippen MR) is 109 cm³/mol. The zero-order chi connectivity index (χ0) is 19.5. The van der Waals surface area contributed by atoms with Crippen LogP contribution < -0.4 is 14.8 Å². The van der Waals surface area contributed by atoms with Gasteiger partial charge in [-0.25, -0.2) is 0 Å². The van der Waals surface area contributed by atoms with Gasteiger partial charge in [0.2, 0.25) is 5.91 Å². The maximum Gasteiger partial charge on any atom is 0.264 e. The minimum atomic E-state index is -0.256. The number of nitrogens with one attached hydrogen (secondary N) is 1. The lowest BCUT2D eigenvalue weighted by Crippen LogP contribution is -2.37. The normalized spacial score (nSPS) is 12.6. The van der Waals surface area contributed by atoms with Crippen molar-refractivity contribution in [3.05, 3.63) is 53.4 Å². The van der Waals surface area contributed by atoms with E-state index in [9.17, 15) is 9.59 Å². The number of hydrogen-bond donors (Lipinski definition) is 1. The molecule has 2 heterocycles. The molecule has 6 nitrogen and oxygen atoms in total. The highest BCUT2D eigenvalue weighted by Gasteiger charge is 2.20. The lowest BCUT2D eigenvalue weighted by atomic mass is 10.2. The molecule has 4 rings (SSSR count). The van der Waals surface area contributed by atoms with Crippen molar-refractivity contribution in [2.75, 3.05) is 31.6 Å². The van der Waals surface area contributed by atoms with Gasteiger partial charge in [-0.3, -0.25) is 9.59 Å². The van der Waals surface area contributed by atoms with Crippen LogP contribution in [-0.2, 0) is 4.79 Å². The van der Waals surface area contributed by atoms with Crippen LogP contribution in [-0.4, -0.2) is 43.0 Å². The van der Waals surface area contributed by atoms with Crippen LogP contribution >= 0.6 is 11.3 Å². The Morgan fingerprint density at radius 1 is 1.07 bits per heavy atom. The zero-order valence-corrected chi connectivity index (χ0v) is 16.3. The summed E-state index contributed by atoms with van der Waals surface area (Å²) in [4.78, 5) is 27.5. The number of nitrogens with zero attached hydrogens (tertiary/aromatic N) is 1. The fourth-order valence-electron chi connectivity index (χ4n) is 3.07. The molecular weight excluding hydrogens is 376 g/mol. The number of carbonyl (C=O) groups is 2. The number of anilines is 1. The first kappa shape index (κ1) is 18.3. The Labute approximate surface area is 166 Å². The molecule has 0 saturated carbocycles. The summed E-state index contributed by atoms with van der Waals surface area (Å²) >= 11 is 1.44. The summed E-state index contributed by atoms with van der Waals surface area (Å²) in [7, 11) is 0. The molecule has 0 unspecified atom stereocenters. The predicted octanol–water partition coefficient (Wildman–Crippen LogP) is 3.77. The number of benzene rings is 2. The number of hydrogen-bond acceptors (Lipinski definition) is 5. The van der Waals surface area contributed by atoms with E-state index < -0.39 is 0 Å². The first-order valence-electron chi connectivity index (χ1n) is 9.11. The molecule has 7 heteroatoms. The third-order valence-electron chi connectivity index (χ3n) is 4.47. The summed E-state index contributed by atoms with van der Waals surface area (Å²) in [6.07, 6.45) is 0. The van der Waals surface area contributed by atoms with Crippen molar-refractivity contribution >= 4 is 38.9 Å². The molecule has 0 aliphatic carbocycles. The molecule has 0 radical (unpaired) electrons. The first-order valence-corrected chi connectivity index (χ1v) is 9.93. The quantitative estimate of drug-likeness (QED) is 0.713. The first-order chi connectivity index (χ1) is 13.6. The number of amides is 2. The summed E-state index contributed by atoms with van der Waals surface area (Å²) < 4.78 is 12.1. The number of likely N-dealkylation sites (N-methyl/N-ethyl adjacent to an activating group) is 1. The van der Waals surface area contributed by atoms with Gasteiger partial charge in [0.05, 0.1) is 4.88 Å². The van der Waals surface area contributed by atoms with Gasteiger partial charge in [-0.05, 0) is 36.6 Å². The van der Waals surface area contributed by atoms with Gasteiger partial charge in [-0.2, -0.15) is 0 Å². The minimum absolute atomic E-state index is 0.0159. The van der Waals surface area contributed by atoms with Gasteiger partial charge >= 0.3 is 0 Å². The maximum absolute atomic E-state index is 12.8. The zero-order valence-electron chi connectivity index (χ0n) is 15.4. The Morgan fingerprint density at radius 2 is 1.86 bits per heavy atom. The lowest BCUT2D eigenvalue weighted by molar-refractivity contribution is -0.116. The Bertz CT molecular complexity index is 997. The minimum Gasteiger partial charge on any atom is -0.486 e. The Hall–Kier alpha value is -3.06. The SMILES string of the molecule is CCN(CC(=O)Nc1ccc2c(c1)OCCO2)C(=O)c1cc2ccccc2s1. The van der Waals surface area contributed by atoms with Crippen molar-refractivity contribution < 1.29 is 19.1 Å². The van der Waals surface area contributed by atoms with Crippen LogP contribution in [0.3, 0.4) is 0 Å². The second-order valence-electron chi connectivity index (χ2n) is 6.37. The van der Waals surface area contributed by atoms with Crippen LogP contribution in [0.25, 0.3) is 10.1 Å². The lowest BCUT2D eigenvalue weighted by Gasteiger charge is -2.21. The molecule has 0 saturated heterocycles. The largest absolute Gasteiger partial charge is 0.486 e. The van der Waals surface area contributed by atoms with Gasteiger partial charge in [-0.1, -0.05) is 18.2 Å². The highest BCUT2D eigenvalue weighted by molar-refractivity contribution is 7.20. The fourth-order valence-corrected chi connectivity index (χ4v) is 4.10. The highest BCUT2D eigenvalue weighted by atomic mass is 32.1. The van der Waals surface area contributed by atoms with Crippen LogP contribution in [0.1, 0.15) is 16.6 Å². The van der Waals surface area contributed by atoms with Crippen molar-refractivity contribution in [3.63, 3.8) is 0 Å². The molecule has 3 aromatic rings. The van der Waals surface area contributed by atoms with E-state index in [0.717, 1.165) is 10.1 Å². The van der Waals surface area contributed by atoms with E-state index in [4.69, 9.17) is 9.47 Å². The molecule has 1 N–H and O–H groups in total. The van der Waals surface area contributed by atoms with Gasteiger partial charge in [0.1, 0.15) is 19.8 Å². The van der Waals surface area contributed by atoms with Gasteiger partial charge in [0.15, 0.2) is 11.5 Å². The van der Waals surface area contributed by atoms with Crippen molar-refractivity contribution in [2.24, 2.45) is 0 Å². The highest BCUT2D eigenvalue weighted by Crippen LogP contribution is 2.32. The third kappa shape index (κ3) is 3.80. The number of ether oxygens (including phenoxy) is 2. The van der Waals surface area contributed by atoms with Crippen LogP contribution in [0.2, 0.25) is 0 Å². The standard InChI is InChI=1S/C21H20N2O4S/c1-2-23(21(25)19-11-14-5-3-4-6-18(14)28-19)13-20(24)22-15-7-8-16-17(12-15)27-10-9-26-16/h3-8,11-12H,2,9-10,13H2,1H3,(H,22,24). The van der Waals surface area contributed by atoms with E-state index in [1.807, 2.05) is 37.3 Å². The van der Waals surface area contributed by atoms with Crippen molar-refractivity contribution in [2.45, 2.75) is 6.92 Å². The van der Waals surface area contributed by atoms with E-state index in [2.05, 4.69) is 5.32 Å². The molecule has 0 spiro atoms. The summed E-state index contributed by atoms with van der Waals surface area (Å²) in [5.41, 5.74) is 0.611. The number of carbonyl (C=O) groups excluding carboxylic acids is 2. The van der Waals surface area contributed by atoms with E-state index >= 15 is 0 Å². The third-order valence-corrected chi connectivity index (χ3v) is 5.57. The van der Waals surface area contributed by atoms with E-state index in [1.54, 1.807) is 18.2 Å². The van der Waals surface area contributed by atoms with E-state index in [0.29, 0.717) is 41.8 Å². The maximum atomic E-state index is 12.8. The molecule has 0 fully saturated rings. The summed E-state index contributed by atoms with van der Waals surface area (Å²) in [6.45, 7) is 3.30. The molecule has 2 amide bonds. The summed E-state index contributed by atoms with van der Waals surface area (Å²) in [5, 5.41) is 3.86. The van der Waals surface area contributed by atoms with Crippen LogP contribution in [0, 0.1) is 0 Å². The van der Waals surface area contributed by atoms with E-state index in [1.165, 1.54) is 16.2 Å². The average Bonchev–Trinajstić information content (AvgIpc) is 3.15. The van der Waals surface area contributed by atoms with Crippen LogP contribution in [0.15, 0.2) is 48.5 Å². The van der Waals surface area contributed by atoms with E-state index in [-0.39, 0.29) is 18.4 Å². The molecule has 2 aromatic carbocycles. The topological polar surface area (TPSA) is 67.9 Å². The van der Waals surface area contributed by atoms with Crippen LogP contribution in [0.4, 0.5) is 5.69 Å². The van der Waals surface area contributed by atoms with Gasteiger partial charge < -0.3 is 19.7 Å². The molecule has 28 heavy (non-hydrogen) atoms.